The minimum Gasteiger partial charge on any atom is -0.325 e. The van der Waals surface area contributed by atoms with Gasteiger partial charge >= 0.3 is 0 Å². The number of imidazole rings is 1. The second-order valence-corrected chi connectivity index (χ2v) is 7.31. The summed E-state index contributed by atoms with van der Waals surface area (Å²) in [6.07, 6.45) is 5.04. The van der Waals surface area contributed by atoms with E-state index in [0.717, 1.165) is 56.2 Å². The van der Waals surface area contributed by atoms with Gasteiger partial charge in [0, 0.05) is 50.8 Å². The van der Waals surface area contributed by atoms with Crippen molar-refractivity contribution in [1.29, 1.82) is 0 Å². The molecule has 0 bridgehead atoms. The molecule has 6 heteroatoms. The number of rotatable bonds is 6. The number of benzene rings is 1. The third-order valence-electron chi connectivity index (χ3n) is 5.30. The first kappa shape index (κ1) is 18.7. The number of carbonyl (C=O) groups excluding carboxylic acids is 1. The Hall–Kier alpha value is -2.70. The summed E-state index contributed by atoms with van der Waals surface area (Å²) >= 11 is 0. The zero-order valence-electron chi connectivity index (χ0n) is 16.3. The number of nitrogens with one attached hydrogen (secondary N) is 1. The van der Waals surface area contributed by atoms with Crippen LogP contribution in [0.3, 0.4) is 0 Å². The van der Waals surface area contributed by atoms with Crippen molar-refractivity contribution in [3.8, 4) is 0 Å². The molecular formula is C22H27N5O. The Bertz CT molecular complexity index is 910. The number of fused-ring (bicyclic) bond motifs is 1. The van der Waals surface area contributed by atoms with Crippen LogP contribution >= 0.6 is 0 Å². The number of para-hydroxylation sites is 1. The topological polar surface area (TPSA) is 52.9 Å². The summed E-state index contributed by atoms with van der Waals surface area (Å²) in [5.41, 5.74) is 4.18. The molecule has 1 N–H and O–H groups in total. The molecule has 3 aromatic rings. The van der Waals surface area contributed by atoms with Crippen LogP contribution in [0.2, 0.25) is 0 Å². The van der Waals surface area contributed by atoms with Crippen molar-refractivity contribution in [1.82, 2.24) is 19.2 Å². The van der Waals surface area contributed by atoms with Gasteiger partial charge in [0.2, 0.25) is 5.91 Å². The largest absolute Gasteiger partial charge is 0.325 e. The molecule has 0 aliphatic carbocycles. The van der Waals surface area contributed by atoms with Gasteiger partial charge in [-0.05, 0) is 30.2 Å². The average Bonchev–Trinajstić information content (AvgIpc) is 3.12. The second-order valence-electron chi connectivity index (χ2n) is 7.31. The monoisotopic (exact) mass is 377 g/mol. The summed E-state index contributed by atoms with van der Waals surface area (Å²) in [7, 11) is 0. The minimum absolute atomic E-state index is 0.0645. The maximum atomic E-state index is 12.4. The van der Waals surface area contributed by atoms with Gasteiger partial charge in [0.05, 0.1) is 12.2 Å². The van der Waals surface area contributed by atoms with Crippen LogP contribution < -0.4 is 5.32 Å². The summed E-state index contributed by atoms with van der Waals surface area (Å²) < 4.78 is 2.06. The predicted octanol–water partition coefficient (Wildman–Crippen LogP) is 2.65. The molecule has 0 radical (unpaired) electrons. The third kappa shape index (κ3) is 4.40. The zero-order valence-corrected chi connectivity index (χ0v) is 16.3. The highest BCUT2D eigenvalue weighted by Gasteiger charge is 2.20. The van der Waals surface area contributed by atoms with Gasteiger partial charge in [0.25, 0.3) is 0 Å². The molecule has 4 rings (SSSR count). The first-order chi connectivity index (χ1) is 13.7. The van der Waals surface area contributed by atoms with Crippen LogP contribution in [-0.2, 0) is 17.8 Å². The lowest BCUT2D eigenvalue weighted by Crippen LogP contribution is -2.48. The number of aryl methyl sites for hydroxylation is 1. The van der Waals surface area contributed by atoms with Crippen LogP contribution in [0.15, 0.2) is 54.9 Å². The minimum atomic E-state index is 0.0645. The van der Waals surface area contributed by atoms with Crippen LogP contribution in [0.5, 0.6) is 0 Å². The standard InChI is InChI=1S/C22H27N5O/c1-2-18-7-3-4-8-20(18)24-22(28)17-26-13-11-25(12-14-26)15-19-16-27-10-6-5-9-21(27)23-19/h3-10,16H,2,11-15,17H2,1H3,(H,24,28). The number of aromatic nitrogens is 2. The smallest absolute Gasteiger partial charge is 0.238 e. The lowest BCUT2D eigenvalue weighted by Gasteiger charge is -2.33. The first-order valence-corrected chi connectivity index (χ1v) is 9.96. The van der Waals surface area contributed by atoms with Gasteiger partial charge in [-0.2, -0.15) is 0 Å². The molecule has 6 nitrogen and oxygen atoms in total. The summed E-state index contributed by atoms with van der Waals surface area (Å²) in [6, 6.07) is 14.1. The van der Waals surface area contributed by atoms with E-state index in [0.29, 0.717) is 6.54 Å². The number of hydrogen-bond donors (Lipinski definition) is 1. The highest BCUT2D eigenvalue weighted by Crippen LogP contribution is 2.15. The van der Waals surface area contributed by atoms with Crippen molar-refractivity contribution in [3.05, 3.63) is 66.1 Å². The molecule has 0 unspecified atom stereocenters. The van der Waals surface area contributed by atoms with Crippen LogP contribution in [0.4, 0.5) is 5.69 Å². The number of anilines is 1. The van der Waals surface area contributed by atoms with E-state index in [1.165, 1.54) is 5.56 Å². The Morgan fingerprint density at radius 1 is 1.04 bits per heavy atom. The maximum Gasteiger partial charge on any atom is 0.238 e. The zero-order chi connectivity index (χ0) is 19.3. The highest BCUT2D eigenvalue weighted by molar-refractivity contribution is 5.93. The number of piperazine rings is 1. The summed E-state index contributed by atoms with van der Waals surface area (Å²) in [5.74, 6) is 0.0645. The van der Waals surface area contributed by atoms with E-state index < -0.39 is 0 Å². The molecule has 0 atom stereocenters. The number of nitrogens with zero attached hydrogens (tertiary/aromatic N) is 4. The summed E-state index contributed by atoms with van der Waals surface area (Å²) in [4.78, 5) is 21.8. The van der Waals surface area contributed by atoms with Gasteiger partial charge in [-0.1, -0.05) is 31.2 Å². The van der Waals surface area contributed by atoms with E-state index in [-0.39, 0.29) is 5.91 Å². The Labute approximate surface area is 165 Å². The molecule has 1 saturated heterocycles. The summed E-state index contributed by atoms with van der Waals surface area (Å²) in [5, 5.41) is 3.07. The third-order valence-corrected chi connectivity index (χ3v) is 5.30. The van der Waals surface area contributed by atoms with Crippen LogP contribution in [-0.4, -0.2) is 57.8 Å². The van der Waals surface area contributed by atoms with E-state index in [4.69, 9.17) is 0 Å². The van der Waals surface area contributed by atoms with Gasteiger partial charge in [0.1, 0.15) is 5.65 Å². The summed E-state index contributed by atoms with van der Waals surface area (Å²) in [6.45, 7) is 7.10. The van der Waals surface area contributed by atoms with Gasteiger partial charge in [0.15, 0.2) is 0 Å². The molecule has 1 aliphatic rings. The molecule has 1 fully saturated rings. The Kier molecular flexibility index (Phi) is 5.69. The number of carbonyl (C=O) groups is 1. The number of pyridine rings is 1. The molecule has 1 aromatic carbocycles. The van der Waals surface area contributed by atoms with Crippen molar-refractivity contribution in [2.45, 2.75) is 19.9 Å². The predicted molar refractivity (Wildman–Crippen MR) is 111 cm³/mol. The second kappa shape index (κ2) is 8.54. The van der Waals surface area contributed by atoms with Crippen molar-refractivity contribution >= 4 is 17.2 Å². The van der Waals surface area contributed by atoms with Crippen LogP contribution in [0.25, 0.3) is 5.65 Å². The molecular weight excluding hydrogens is 350 g/mol. The van der Waals surface area contributed by atoms with Crippen LogP contribution in [0, 0.1) is 0 Å². The van der Waals surface area contributed by atoms with Crippen LogP contribution in [0.1, 0.15) is 18.2 Å². The Balaban J connectivity index is 1.26. The maximum absolute atomic E-state index is 12.4. The van der Waals surface area contributed by atoms with E-state index in [1.807, 2.05) is 42.6 Å². The molecule has 28 heavy (non-hydrogen) atoms. The van der Waals surface area contributed by atoms with Gasteiger partial charge in [-0.15, -0.1) is 0 Å². The van der Waals surface area contributed by atoms with E-state index in [9.17, 15) is 4.79 Å². The molecule has 146 valence electrons. The molecule has 0 saturated carbocycles. The van der Waals surface area contributed by atoms with Crippen molar-refractivity contribution < 1.29 is 4.79 Å². The highest BCUT2D eigenvalue weighted by atomic mass is 16.2. The Morgan fingerprint density at radius 2 is 1.79 bits per heavy atom. The fourth-order valence-corrected chi connectivity index (χ4v) is 3.74. The molecule has 1 amide bonds. The van der Waals surface area contributed by atoms with E-state index in [1.54, 1.807) is 0 Å². The molecule has 1 aliphatic heterocycles. The Morgan fingerprint density at radius 3 is 2.57 bits per heavy atom. The lowest BCUT2D eigenvalue weighted by molar-refractivity contribution is -0.117. The first-order valence-electron chi connectivity index (χ1n) is 9.96. The SMILES string of the molecule is CCc1ccccc1NC(=O)CN1CCN(Cc2cn3ccccc3n2)CC1. The van der Waals surface area contributed by atoms with E-state index >= 15 is 0 Å². The number of hydrogen-bond acceptors (Lipinski definition) is 4. The quantitative estimate of drug-likeness (QED) is 0.718. The van der Waals surface area contributed by atoms with Gasteiger partial charge in [-0.25, -0.2) is 4.98 Å². The van der Waals surface area contributed by atoms with Crippen molar-refractivity contribution in [2.75, 3.05) is 38.0 Å². The van der Waals surface area contributed by atoms with E-state index in [2.05, 4.69) is 43.7 Å². The fourth-order valence-electron chi connectivity index (χ4n) is 3.74. The molecule has 3 heterocycles. The van der Waals surface area contributed by atoms with Crippen molar-refractivity contribution in [3.63, 3.8) is 0 Å². The molecule has 2 aromatic heterocycles. The fraction of sp³-hybridized carbons (Fsp3) is 0.364. The van der Waals surface area contributed by atoms with Gasteiger partial charge < -0.3 is 9.72 Å². The van der Waals surface area contributed by atoms with Gasteiger partial charge in [-0.3, -0.25) is 14.6 Å². The average molecular weight is 377 g/mol. The number of amides is 1. The normalized spacial score (nSPS) is 15.8. The van der Waals surface area contributed by atoms with Crippen molar-refractivity contribution in [2.24, 2.45) is 0 Å². The molecule has 0 spiro atoms. The lowest BCUT2D eigenvalue weighted by atomic mass is 10.1.